The molecule has 25 heavy (non-hydrogen) atoms. The lowest BCUT2D eigenvalue weighted by molar-refractivity contribution is 0.309. The van der Waals surface area contributed by atoms with Crippen molar-refractivity contribution in [1.29, 1.82) is 0 Å². The number of hydrogen-bond donors (Lipinski definition) is 0. The van der Waals surface area contributed by atoms with E-state index in [2.05, 4.69) is 0 Å². The molecule has 1 heterocycles. The Morgan fingerprint density at radius 3 is 2.04 bits per heavy atom. The number of sulfonamides is 1. The third-order valence-electron chi connectivity index (χ3n) is 4.18. The largest absolute Gasteiger partial charge is 0.243 e. The molecular formula is C16H15Cl2NO4S2. The molecule has 0 radical (unpaired) electrons. The number of halogens is 2. The van der Waals surface area contributed by atoms with Gasteiger partial charge in [-0.2, -0.15) is 4.31 Å². The Hall–Kier alpha value is -1.12. The maximum Gasteiger partial charge on any atom is 0.243 e. The highest BCUT2D eigenvalue weighted by atomic mass is 35.5. The normalized spacial score (nSPS) is 16.6. The van der Waals surface area contributed by atoms with Crippen LogP contribution in [0.15, 0.2) is 52.3 Å². The molecule has 1 aliphatic heterocycles. The summed E-state index contributed by atoms with van der Waals surface area (Å²) in [7, 11) is -7.36. The second-order valence-electron chi connectivity index (χ2n) is 5.85. The van der Waals surface area contributed by atoms with E-state index in [-0.39, 0.29) is 22.9 Å². The van der Waals surface area contributed by atoms with Crippen LogP contribution in [0.2, 0.25) is 10.0 Å². The van der Waals surface area contributed by atoms with Gasteiger partial charge in [0.05, 0.1) is 15.0 Å². The van der Waals surface area contributed by atoms with Gasteiger partial charge in [-0.25, -0.2) is 16.8 Å². The van der Waals surface area contributed by atoms with Crippen LogP contribution in [-0.2, 0) is 19.9 Å². The van der Waals surface area contributed by atoms with Gasteiger partial charge in [-0.1, -0.05) is 29.3 Å². The van der Waals surface area contributed by atoms with Crippen molar-refractivity contribution in [3.8, 4) is 0 Å². The summed E-state index contributed by atoms with van der Waals surface area (Å²) >= 11 is 11.8. The van der Waals surface area contributed by atoms with Crippen molar-refractivity contribution in [3.05, 3.63) is 58.1 Å². The average molecular weight is 420 g/mol. The maximum atomic E-state index is 12.6. The minimum absolute atomic E-state index is 0.0606. The molecule has 0 unspecified atom stereocenters. The van der Waals surface area contributed by atoms with E-state index in [4.69, 9.17) is 23.2 Å². The number of nitrogens with zero attached hydrogens (tertiary/aromatic N) is 1. The van der Waals surface area contributed by atoms with E-state index in [1.807, 2.05) is 0 Å². The first kappa shape index (κ1) is 18.7. The maximum absolute atomic E-state index is 12.6. The van der Waals surface area contributed by atoms with E-state index < -0.39 is 25.1 Å². The van der Waals surface area contributed by atoms with Crippen LogP contribution in [0.5, 0.6) is 0 Å². The van der Waals surface area contributed by atoms with Gasteiger partial charge in [-0.3, -0.25) is 0 Å². The van der Waals surface area contributed by atoms with Gasteiger partial charge in [0.15, 0.2) is 9.84 Å². The van der Waals surface area contributed by atoms with Gasteiger partial charge >= 0.3 is 0 Å². The topological polar surface area (TPSA) is 71.5 Å². The standard InChI is InChI=1S/C16H15Cl2NO4S2/c1-11-2-5-14(8-16(11)18)25(22,23)19-9-15(10-19)24(20,21)13-6-3-12(17)4-7-13/h2-8,15H,9-10H2,1H3. The Morgan fingerprint density at radius 1 is 0.920 bits per heavy atom. The highest BCUT2D eigenvalue weighted by Gasteiger charge is 2.44. The molecule has 9 heteroatoms. The summed E-state index contributed by atoms with van der Waals surface area (Å²) < 4.78 is 51.4. The Bertz CT molecular complexity index is 1010. The predicted molar refractivity (Wildman–Crippen MR) is 97.4 cm³/mol. The molecular weight excluding hydrogens is 405 g/mol. The summed E-state index contributed by atoms with van der Waals surface area (Å²) in [4.78, 5) is 0.197. The Morgan fingerprint density at radius 2 is 1.48 bits per heavy atom. The molecule has 1 fully saturated rings. The van der Waals surface area contributed by atoms with Crippen molar-refractivity contribution in [2.24, 2.45) is 0 Å². The zero-order valence-electron chi connectivity index (χ0n) is 13.2. The molecule has 1 aliphatic rings. The molecule has 2 aromatic carbocycles. The summed E-state index contributed by atoms with van der Waals surface area (Å²) in [6, 6.07) is 10.3. The lowest BCUT2D eigenvalue weighted by Crippen LogP contribution is -2.56. The van der Waals surface area contributed by atoms with Crippen molar-refractivity contribution < 1.29 is 16.8 Å². The molecule has 134 valence electrons. The van der Waals surface area contributed by atoms with Crippen LogP contribution >= 0.6 is 23.2 Å². The Labute approximate surface area is 157 Å². The van der Waals surface area contributed by atoms with Gasteiger partial charge in [-0.15, -0.1) is 0 Å². The molecule has 2 aromatic rings. The molecule has 0 aliphatic carbocycles. The average Bonchev–Trinajstić information content (AvgIpc) is 2.48. The third kappa shape index (κ3) is 3.44. The number of rotatable bonds is 4. The molecule has 0 aromatic heterocycles. The van der Waals surface area contributed by atoms with Crippen LogP contribution in [0.1, 0.15) is 5.56 Å². The molecule has 3 rings (SSSR count). The smallest absolute Gasteiger partial charge is 0.223 e. The van der Waals surface area contributed by atoms with Crippen LogP contribution in [0.25, 0.3) is 0 Å². The summed E-state index contributed by atoms with van der Waals surface area (Å²) in [5.41, 5.74) is 0.771. The Kier molecular flexibility index (Phi) is 4.89. The van der Waals surface area contributed by atoms with E-state index in [1.54, 1.807) is 13.0 Å². The summed E-state index contributed by atoms with van der Waals surface area (Å²) in [6.07, 6.45) is 0. The van der Waals surface area contributed by atoms with E-state index in [0.29, 0.717) is 10.0 Å². The zero-order chi connectivity index (χ0) is 18.4. The van der Waals surface area contributed by atoms with Gasteiger partial charge in [0.25, 0.3) is 0 Å². The van der Waals surface area contributed by atoms with Crippen molar-refractivity contribution in [3.63, 3.8) is 0 Å². The summed E-state index contributed by atoms with van der Waals surface area (Å²) in [6.45, 7) is 1.61. The zero-order valence-corrected chi connectivity index (χ0v) is 16.3. The van der Waals surface area contributed by atoms with E-state index in [0.717, 1.165) is 9.87 Å². The van der Waals surface area contributed by atoms with Crippen LogP contribution in [-0.4, -0.2) is 39.5 Å². The fourth-order valence-corrected chi connectivity index (χ4v) is 6.26. The second kappa shape index (κ2) is 6.55. The minimum atomic E-state index is -3.76. The quantitative estimate of drug-likeness (QED) is 0.762. The van der Waals surface area contributed by atoms with Crippen molar-refractivity contribution in [2.75, 3.05) is 13.1 Å². The fourth-order valence-electron chi connectivity index (χ4n) is 2.49. The molecule has 0 saturated carbocycles. The van der Waals surface area contributed by atoms with Gasteiger partial charge in [0.2, 0.25) is 10.0 Å². The van der Waals surface area contributed by atoms with Gasteiger partial charge < -0.3 is 0 Å². The molecule has 5 nitrogen and oxygen atoms in total. The van der Waals surface area contributed by atoms with Crippen LogP contribution in [0.4, 0.5) is 0 Å². The van der Waals surface area contributed by atoms with E-state index in [9.17, 15) is 16.8 Å². The lowest BCUT2D eigenvalue weighted by atomic mass is 10.2. The van der Waals surface area contributed by atoms with Gasteiger partial charge in [0.1, 0.15) is 0 Å². The van der Waals surface area contributed by atoms with Crippen LogP contribution in [0, 0.1) is 6.92 Å². The van der Waals surface area contributed by atoms with Crippen LogP contribution in [0.3, 0.4) is 0 Å². The van der Waals surface area contributed by atoms with Crippen LogP contribution < -0.4 is 0 Å². The third-order valence-corrected chi connectivity index (χ3v) is 8.77. The first-order chi connectivity index (χ1) is 11.6. The highest BCUT2D eigenvalue weighted by molar-refractivity contribution is 7.92. The summed E-state index contributed by atoms with van der Waals surface area (Å²) in [5.74, 6) is 0. The van der Waals surface area contributed by atoms with Crippen molar-refractivity contribution in [1.82, 2.24) is 4.31 Å². The SMILES string of the molecule is Cc1ccc(S(=O)(=O)N2CC(S(=O)(=O)c3ccc(Cl)cc3)C2)cc1Cl. The van der Waals surface area contributed by atoms with E-state index >= 15 is 0 Å². The van der Waals surface area contributed by atoms with Crippen molar-refractivity contribution >= 4 is 43.1 Å². The van der Waals surface area contributed by atoms with Crippen molar-refractivity contribution in [2.45, 2.75) is 22.0 Å². The lowest BCUT2D eigenvalue weighted by Gasteiger charge is -2.37. The number of sulfone groups is 1. The monoisotopic (exact) mass is 419 g/mol. The number of aryl methyl sites for hydroxylation is 1. The number of benzene rings is 2. The summed E-state index contributed by atoms with van der Waals surface area (Å²) in [5, 5.41) is 0.0179. The fraction of sp³-hybridized carbons (Fsp3) is 0.250. The minimum Gasteiger partial charge on any atom is -0.223 e. The molecule has 0 N–H and O–H groups in total. The first-order valence-corrected chi connectivity index (χ1v) is 11.1. The van der Waals surface area contributed by atoms with Gasteiger partial charge in [-0.05, 0) is 48.9 Å². The molecule has 0 spiro atoms. The second-order valence-corrected chi connectivity index (χ2v) is 10.9. The first-order valence-electron chi connectivity index (χ1n) is 7.38. The van der Waals surface area contributed by atoms with Gasteiger partial charge in [0, 0.05) is 23.1 Å². The molecule has 0 atom stereocenters. The molecule has 0 bridgehead atoms. The highest BCUT2D eigenvalue weighted by Crippen LogP contribution is 2.30. The Balaban J connectivity index is 1.79. The van der Waals surface area contributed by atoms with E-state index in [1.165, 1.54) is 36.4 Å². The predicted octanol–water partition coefficient (Wildman–Crippen LogP) is 3.15. The molecule has 1 saturated heterocycles. The number of hydrogen-bond acceptors (Lipinski definition) is 4. The molecule has 0 amide bonds.